The fraction of sp³-hybridized carbons (Fsp3) is 0.233. The number of carbonyl (C=O) groups is 2. The number of carboxylic acids is 1. The molecule has 4 N–H and O–H groups in total. The maximum absolute atomic E-state index is 13.3. The molecule has 226 valence electrons. The Balaban J connectivity index is 0.000000646. The van der Waals surface area contributed by atoms with Crippen molar-refractivity contribution in [2.45, 2.75) is 32.0 Å². The zero-order chi connectivity index (χ0) is 31.2. The molecule has 0 aliphatic carbocycles. The Bertz CT molecular complexity index is 1460. The van der Waals surface area contributed by atoms with Crippen molar-refractivity contribution in [1.29, 1.82) is 0 Å². The molecule has 4 rings (SSSR count). The first-order valence-corrected chi connectivity index (χ1v) is 13.1. The van der Waals surface area contributed by atoms with Crippen LogP contribution < -0.4 is 20.7 Å². The summed E-state index contributed by atoms with van der Waals surface area (Å²) in [5.41, 5.74) is 3.66. The molecule has 0 spiro atoms. The third-order valence-corrected chi connectivity index (χ3v) is 5.80. The Morgan fingerprint density at radius 1 is 0.977 bits per heavy atom. The highest BCUT2D eigenvalue weighted by atomic mass is 19.4. The highest BCUT2D eigenvalue weighted by molar-refractivity contribution is 5.96. The van der Waals surface area contributed by atoms with Crippen LogP contribution in [0, 0.1) is 6.92 Å². The second kappa shape index (κ2) is 15.7. The maximum atomic E-state index is 13.3. The number of nitrogens with one attached hydrogen (secondary N) is 3. The van der Waals surface area contributed by atoms with E-state index in [0.717, 1.165) is 29.0 Å². The highest BCUT2D eigenvalue weighted by Crippen LogP contribution is 2.18. The van der Waals surface area contributed by atoms with Gasteiger partial charge in [0.15, 0.2) is 0 Å². The largest absolute Gasteiger partial charge is 0.497 e. The molecule has 1 atom stereocenters. The second-order valence-electron chi connectivity index (χ2n) is 9.16. The second-order valence-corrected chi connectivity index (χ2v) is 9.16. The van der Waals surface area contributed by atoms with Gasteiger partial charge in [0.05, 0.1) is 7.11 Å². The van der Waals surface area contributed by atoms with Crippen molar-refractivity contribution in [3.63, 3.8) is 0 Å². The maximum Gasteiger partial charge on any atom is 0.490 e. The molecule has 2 heterocycles. The van der Waals surface area contributed by atoms with Crippen molar-refractivity contribution in [2.24, 2.45) is 0 Å². The van der Waals surface area contributed by atoms with Gasteiger partial charge in [-0.1, -0.05) is 36.4 Å². The number of aliphatic carboxylic acids is 1. The van der Waals surface area contributed by atoms with Gasteiger partial charge in [0.25, 0.3) is 0 Å². The molecule has 0 saturated carbocycles. The summed E-state index contributed by atoms with van der Waals surface area (Å²) in [5.74, 6) is -1.10. The van der Waals surface area contributed by atoms with Crippen LogP contribution in [-0.4, -0.2) is 57.8 Å². The smallest absolute Gasteiger partial charge is 0.490 e. The molecule has 0 aliphatic heterocycles. The molecule has 4 aromatic rings. The molecule has 2 aromatic carbocycles. The summed E-state index contributed by atoms with van der Waals surface area (Å²) in [4.78, 5) is 35.5. The van der Waals surface area contributed by atoms with Crippen molar-refractivity contribution in [3.05, 3.63) is 102 Å². The molecule has 2 aromatic heterocycles. The van der Waals surface area contributed by atoms with Gasteiger partial charge in [-0.2, -0.15) is 18.2 Å². The quantitative estimate of drug-likeness (QED) is 0.185. The average Bonchev–Trinajstić information content (AvgIpc) is 2.98. The minimum Gasteiger partial charge on any atom is -0.497 e. The molecule has 0 unspecified atom stereocenters. The van der Waals surface area contributed by atoms with Gasteiger partial charge in [-0.15, -0.1) is 0 Å². The number of amides is 1. The fourth-order valence-electron chi connectivity index (χ4n) is 3.73. The Kier molecular flexibility index (Phi) is 11.8. The van der Waals surface area contributed by atoms with E-state index in [-0.39, 0.29) is 5.91 Å². The van der Waals surface area contributed by atoms with Gasteiger partial charge in [0, 0.05) is 42.8 Å². The van der Waals surface area contributed by atoms with Crippen LogP contribution in [0.3, 0.4) is 0 Å². The number of nitrogens with zero attached hydrogens (tertiary/aromatic N) is 3. The summed E-state index contributed by atoms with van der Waals surface area (Å²) in [6, 6.07) is 22.4. The number of rotatable bonds is 11. The number of pyridine rings is 1. The van der Waals surface area contributed by atoms with Gasteiger partial charge in [-0.05, 0) is 54.8 Å². The van der Waals surface area contributed by atoms with E-state index in [4.69, 9.17) is 14.6 Å². The standard InChI is InChI=1S/C28H30N6O2.C2HF3O2/c1-20-17-26(34-28(31-20)30-16-14-22-9-6-15-29-19-22)33-25(18-21-7-4-3-5-8-21)27(35)32-23-10-12-24(36-2)13-11-23;3-2(4,5)1(6)7/h3-13,15,17,19,25H,14,16,18H2,1-2H3,(H,32,35)(H2,30,31,33,34);(H,6,7)/t25-;/m0./s1. The Labute approximate surface area is 246 Å². The van der Waals surface area contributed by atoms with Gasteiger partial charge in [0.1, 0.15) is 17.6 Å². The minimum atomic E-state index is -5.08. The van der Waals surface area contributed by atoms with Crippen molar-refractivity contribution in [3.8, 4) is 5.75 Å². The van der Waals surface area contributed by atoms with Crippen molar-refractivity contribution >= 4 is 29.3 Å². The van der Waals surface area contributed by atoms with Crippen LogP contribution in [0.1, 0.15) is 16.8 Å². The van der Waals surface area contributed by atoms with Gasteiger partial charge in [0.2, 0.25) is 11.9 Å². The molecule has 0 fully saturated rings. The first-order valence-electron chi connectivity index (χ1n) is 13.1. The summed E-state index contributed by atoms with van der Waals surface area (Å²) < 4.78 is 36.9. The Hall–Kier alpha value is -5.20. The van der Waals surface area contributed by atoms with E-state index >= 15 is 0 Å². The molecule has 0 bridgehead atoms. The van der Waals surface area contributed by atoms with E-state index < -0.39 is 18.2 Å². The summed E-state index contributed by atoms with van der Waals surface area (Å²) in [5, 5.41) is 16.7. The molecular weight excluding hydrogens is 565 g/mol. The van der Waals surface area contributed by atoms with E-state index in [0.29, 0.717) is 30.4 Å². The van der Waals surface area contributed by atoms with E-state index in [1.165, 1.54) is 0 Å². The molecule has 10 nitrogen and oxygen atoms in total. The van der Waals surface area contributed by atoms with Crippen LogP contribution in [-0.2, 0) is 22.4 Å². The van der Waals surface area contributed by atoms with E-state index in [1.807, 2.05) is 85.9 Å². The van der Waals surface area contributed by atoms with Gasteiger partial charge < -0.3 is 25.8 Å². The number of carbonyl (C=O) groups excluding carboxylic acids is 1. The topological polar surface area (TPSA) is 138 Å². The number of aromatic nitrogens is 3. The van der Waals surface area contributed by atoms with Crippen LogP contribution in [0.4, 0.5) is 30.6 Å². The summed E-state index contributed by atoms with van der Waals surface area (Å²) in [6.45, 7) is 2.57. The molecule has 13 heteroatoms. The van der Waals surface area contributed by atoms with Gasteiger partial charge in [-0.3, -0.25) is 9.78 Å². The van der Waals surface area contributed by atoms with Crippen molar-refractivity contribution < 1.29 is 32.6 Å². The van der Waals surface area contributed by atoms with Crippen LogP contribution in [0.25, 0.3) is 0 Å². The van der Waals surface area contributed by atoms with Crippen molar-refractivity contribution in [2.75, 3.05) is 29.6 Å². The molecule has 0 radical (unpaired) electrons. The van der Waals surface area contributed by atoms with Crippen LogP contribution in [0.15, 0.2) is 85.2 Å². The third kappa shape index (κ3) is 11.3. The lowest BCUT2D eigenvalue weighted by molar-refractivity contribution is -0.192. The summed E-state index contributed by atoms with van der Waals surface area (Å²) >= 11 is 0. The van der Waals surface area contributed by atoms with E-state index in [1.54, 1.807) is 13.3 Å². The minimum absolute atomic E-state index is 0.161. The van der Waals surface area contributed by atoms with Crippen LogP contribution >= 0.6 is 0 Å². The molecule has 0 aliphatic rings. The van der Waals surface area contributed by atoms with Gasteiger partial charge in [-0.25, -0.2) is 9.78 Å². The first kappa shape index (κ1) is 32.3. The van der Waals surface area contributed by atoms with Crippen LogP contribution in [0.2, 0.25) is 0 Å². The van der Waals surface area contributed by atoms with E-state index in [9.17, 15) is 18.0 Å². The number of anilines is 3. The number of carboxylic acid groups (broad SMARTS) is 1. The normalized spacial score (nSPS) is 11.4. The predicted molar refractivity (Wildman–Crippen MR) is 156 cm³/mol. The first-order chi connectivity index (χ1) is 20.5. The lowest BCUT2D eigenvalue weighted by atomic mass is 10.0. The number of benzene rings is 2. The molecule has 1 amide bonds. The fourth-order valence-corrected chi connectivity index (χ4v) is 3.73. The monoisotopic (exact) mass is 596 g/mol. The molecule has 43 heavy (non-hydrogen) atoms. The predicted octanol–water partition coefficient (Wildman–Crippen LogP) is 5.14. The number of ether oxygens (including phenoxy) is 1. The number of hydrogen-bond donors (Lipinski definition) is 4. The summed E-state index contributed by atoms with van der Waals surface area (Å²) in [6.07, 6.45) is -0.180. The van der Waals surface area contributed by atoms with Crippen LogP contribution in [0.5, 0.6) is 5.75 Å². The number of halogens is 3. The number of hydrogen-bond acceptors (Lipinski definition) is 8. The van der Waals surface area contributed by atoms with E-state index in [2.05, 4.69) is 30.9 Å². The lowest BCUT2D eigenvalue weighted by Gasteiger charge is -2.20. The number of aryl methyl sites for hydroxylation is 1. The van der Waals surface area contributed by atoms with Gasteiger partial charge >= 0.3 is 12.1 Å². The molecular formula is C30H31F3N6O4. The average molecular weight is 597 g/mol. The Morgan fingerprint density at radius 3 is 2.26 bits per heavy atom. The summed E-state index contributed by atoms with van der Waals surface area (Å²) in [7, 11) is 1.61. The zero-order valence-electron chi connectivity index (χ0n) is 23.4. The third-order valence-electron chi connectivity index (χ3n) is 5.80. The number of methoxy groups -OCH3 is 1. The molecule has 0 saturated heterocycles. The highest BCUT2D eigenvalue weighted by Gasteiger charge is 2.38. The van der Waals surface area contributed by atoms with Crippen molar-refractivity contribution in [1.82, 2.24) is 15.0 Å². The lowest BCUT2D eigenvalue weighted by Crippen LogP contribution is -2.37. The zero-order valence-corrected chi connectivity index (χ0v) is 23.4. The number of alkyl halides is 3. The Morgan fingerprint density at radius 2 is 1.65 bits per heavy atom. The SMILES string of the molecule is COc1ccc(NC(=O)[C@H](Cc2ccccc2)Nc2cc(C)nc(NCCc3cccnc3)n2)cc1.O=C(O)C(F)(F)F.